The van der Waals surface area contributed by atoms with Crippen molar-refractivity contribution < 1.29 is 9.84 Å². The highest BCUT2D eigenvalue weighted by atomic mass is 16.5. The normalized spacial score (nSPS) is 21.8. The second-order valence-corrected chi connectivity index (χ2v) is 4.58. The largest absolute Gasteiger partial charge is 0.388 e. The Morgan fingerprint density at radius 3 is 2.88 bits per heavy atom. The van der Waals surface area contributed by atoms with Gasteiger partial charge in [-0.1, -0.05) is 25.1 Å². The Balaban J connectivity index is 2.20. The standard InChI is InChI=1S/C14H21NO2/c1-3-14(16)12-6-4-5-7-13(12)15-9-8-11(10-15)17-2/h4-7,11,14,16H,3,8-10H2,1-2H3. The van der Waals surface area contributed by atoms with E-state index in [4.69, 9.17) is 4.74 Å². The Labute approximate surface area is 103 Å². The number of hydrogen-bond acceptors (Lipinski definition) is 3. The summed E-state index contributed by atoms with van der Waals surface area (Å²) < 4.78 is 5.39. The van der Waals surface area contributed by atoms with Crippen LogP contribution in [-0.2, 0) is 4.74 Å². The number of anilines is 1. The molecular weight excluding hydrogens is 214 g/mol. The Morgan fingerprint density at radius 1 is 1.47 bits per heavy atom. The van der Waals surface area contributed by atoms with Gasteiger partial charge in [0, 0.05) is 31.5 Å². The molecule has 3 nitrogen and oxygen atoms in total. The molecule has 2 unspecified atom stereocenters. The molecule has 1 fully saturated rings. The second-order valence-electron chi connectivity index (χ2n) is 4.58. The van der Waals surface area contributed by atoms with Gasteiger partial charge in [0.1, 0.15) is 0 Å². The van der Waals surface area contributed by atoms with Crippen molar-refractivity contribution in [3.8, 4) is 0 Å². The minimum absolute atomic E-state index is 0.321. The lowest BCUT2D eigenvalue weighted by molar-refractivity contribution is 0.121. The van der Waals surface area contributed by atoms with Gasteiger partial charge in [-0.3, -0.25) is 0 Å². The minimum Gasteiger partial charge on any atom is -0.388 e. The maximum absolute atomic E-state index is 10.0. The Morgan fingerprint density at radius 2 is 2.24 bits per heavy atom. The van der Waals surface area contributed by atoms with Crippen LogP contribution in [0.2, 0.25) is 0 Å². The molecule has 0 radical (unpaired) electrons. The highest BCUT2D eigenvalue weighted by Gasteiger charge is 2.24. The molecule has 0 aromatic heterocycles. The van der Waals surface area contributed by atoms with Crippen LogP contribution in [0, 0.1) is 0 Å². The van der Waals surface area contributed by atoms with Crippen LogP contribution in [0.4, 0.5) is 5.69 Å². The summed E-state index contributed by atoms with van der Waals surface area (Å²) in [6, 6.07) is 8.12. The molecule has 0 amide bonds. The summed E-state index contributed by atoms with van der Waals surface area (Å²) in [5, 5.41) is 10.0. The van der Waals surface area contributed by atoms with Crippen LogP contribution in [0.1, 0.15) is 31.4 Å². The van der Waals surface area contributed by atoms with Crippen LogP contribution >= 0.6 is 0 Å². The molecule has 1 aliphatic rings. The van der Waals surface area contributed by atoms with Crippen LogP contribution in [0.5, 0.6) is 0 Å². The summed E-state index contributed by atoms with van der Waals surface area (Å²) in [5.41, 5.74) is 2.19. The maximum atomic E-state index is 10.0. The van der Waals surface area contributed by atoms with E-state index in [1.807, 2.05) is 25.1 Å². The van der Waals surface area contributed by atoms with Crippen LogP contribution in [0.3, 0.4) is 0 Å². The fraction of sp³-hybridized carbons (Fsp3) is 0.571. The number of para-hydroxylation sites is 1. The van der Waals surface area contributed by atoms with Crippen molar-refractivity contribution in [3.63, 3.8) is 0 Å². The number of rotatable bonds is 4. The molecule has 1 aromatic carbocycles. The van der Waals surface area contributed by atoms with Gasteiger partial charge in [0.2, 0.25) is 0 Å². The van der Waals surface area contributed by atoms with Gasteiger partial charge >= 0.3 is 0 Å². The van der Waals surface area contributed by atoms with Gasteiger partial charge in [0.25, 0.3) is 0 Å². The summed E-state index contributed by atoms with van der Waals surface area (Å²) >= 11 is 0. The van der Waals surface area contributed by atoms with E-state index in [0.29, 0.717) is 6.10 Å². The zero-order chi connectivity index (χ0) is 12.3. The molecule has 17 heavy (non-hydrogen) atoms. The van der Waals surface area contributed by atoms with Crippen molar-refractivity contribution in [2.75, 3.05) is 25.1 Å². The number of methoxy groups -OCH3 is 1. The number of aliphatic hydroxyl groups is 1. The summed E-state index contributed by atoms with van der Waals surface area (Å²) in [6.07, 6.45) is 1.76. The van der Waals surface area contributed by atoms with Gasteiger partial charge in [-0.05, 0) is 18.9 Å². The fourth-order valence-corrected chi connectivity index (χ4v) is 2.42. The van der Waals surface area contributed by atoms with Gasteiger partial charge in [0.05, 0.1) is 12.2 Å². The monoisotopic (exact) mass is 235 g/mol. The number of aliphatic hydroxyl groups excluding tert-OH is 1. The molecule has 2 rings (SSSR count). The molecule has 3 heteroatoms. The molecular formula is C14H21NO2. The Bertz CT molecular complexity index is 367. The molecule has 94 valence electrons. The lowest BCUT2D eigenvalue weighted by Gasteiger charge is -2.23. The molecule has 1 saturated heterocycles. The molecule has 1 heterocycles. The average Bonchev–Trinajstić information content (AvgIpc) is 2.86. The zero-order valence-corrected chi connectivity index (χ0v) is 10.6. The van der Waals surface area contributed by atoms with Gasteiger partial charge in [-0.25, -0.2) is 0 Å². The quantitative estimate of drug-likeness (QED) is 0.869. The van der Waals surface area contributed by atoms with E-state index >= 15 is 0 Å². The predicted octanol–water partition coefficient (Wildman–Crippen LogP) is 2.36. The number of benzene rings is 1. The first-order valence-corrected chi connectivity index (χ1v) is 6.31. The van der Waals surface area contributed by atoms with Crippen LogP contribution in [-0.4, -0.2) is 31.4 Å². The van der Waals surface area contributed by atoms with E-state index in [1.165, 1.54) is 0 Å². The van der Waals surface area contributed by atoms with Gasteiger partial charge in [-0.2, -0.15) is 0 Å². The number of ether oxygens (including phenoxy) is 1. The van der Waals surface area contributed by atoms with E-state index < -0.39 is 0 Å². The van der Waals surface area contributed by atoms with Crippen LogP contribution < -0.4 is 4.90 Å². The van der Waals surface area contributed by atoms with E-state index in [2.05, 4.69) is 11.0 Å². The minimum atomic E-state index is -0.368. The maximum Gasteiger partial charge on any atom is 0.0807 e. The summed E-state index contributed by atoms with van der Waals surface area (Å²) in [5.74, 6) is 0. The first-order valence-electron chi connectivity index (χ1n) is 6.31. The number of nitrogens with zero attached hydrogens (tertiary/aromatic N) is 1. The molecule has 0 saturated carbocycles. The highest BCUT2D eigenvalue weighted by molar-refractivity contribution is 5.55. The van der Waals surface area contributed by atoms with Crippen LogP contribution in [0.15, 0.2) is 24.3 Å². The summed E-state index contributed by atoms with van der Waals surface area (Å²) in [6.45, 7) is 3.93. The first kappa shape index (κ1) is 12.4. The van der Waals surface area contributed by atoms with Crippen molar-refractivity contribution in [3.05, 3.63) is 29.8 Å². The van der Waals surface area contributed by atoms with E-state index in [-0.39, 0.29) is 6.10 Å². The van der Waals surface area contributed by atoms with Gasteiger partial charge in [-0.15, -0.1) is 0 Å². The lowest BCUT2D eigenvalue weighted by Crippen LogP contribution is -2.23. The summed E-state index contributed by atoms with van der Waals surface area (Å²) in [7, 11) is 1.76. The third-order valence-corrected chi connectivity index (χ3v) is 3.50. The van der Waals surface area contributed by atoms with E-state index in [1.54, 1.807) is 7.11 Å². The third-order valence-electron chi connectivity index (χ3n) is 3.50. The summed E-state index contributed by atoms with van der Waals surface area (Å²) in [4.78, 5) is 2.31. The van der Waals surface area contributed by atoms with Gasteiger partial charge < -0.3 is 14.7 Å². The fourth-order valence-electron chi connectivity index (χ4n) is 2.42. The van der Waals surface area contributed by atoms with Crippen molar-refractivity contribution >= 4 is 5.69 Å². The Hall–Kier alpha value is -1.06. The molecule has 1 aromatic rings. The molecule has 1 N–H and O–H groups in total. The average molecular weight is 235 g/mol. The molecule has 0 aliphatic carbocycles. The highest BCUT2D eigenvalue weighted by Crippen LogP contribution is 2.30. The lowest BCUT2D eigenvalue weighted by atomic mass is 10.0. The van der Waals surface area contributed by atoms with Crippen molar-refractivity contribution in [2.24, 2.45) is 0 Å². The topological polar surface area (TPSA) is 32.7 Å². The molecule has 0 spiro atoms. The first-order chi connectivity index (χ1) is 8.26. The second kappa shape index (κ2) is 5.52. The van der Waals surface area contributed by atoms with Crippen molar-refractivity contribution in [1.82, 2.24) is 0 Å². The SMILES string of the molecule is CCC(O)c1ccccc1N1CCC(OC)C1. The molecule has 0 bridgehead atoms. The van der Waals surface area contributed by atoms with Crippen LogP contribution in [0.25, 0.3) is 0 Å². The van der Waals surface area contributed by atoms with Crippen molar-refractivity contribution in [2.45, 2.75) is 32.0 Å². The molecule has 2 atom stereocenters. The number of hydrogen-bond donors (Lipinski definition) is 1. The van der Waals surface area contributed by atoms with E-state index in [9.17, 15) is 5.11 Å². The molecule has 1 aliphatic heterocycles. The Kier molecular flexibility index (Phi) is 4.02. The van der Waals surface area contributed by atoms with E-state index in [0.717, 1.165) is 37.2 Å². The predicted molar refractivity (Wildman–Crippen MR) is 69.3 cm³/mol. The van der Waals surface area contributed by atoms with Gasteiger partial charge in [0.15, 0.2) is 0 Å². The zero-order valence-electron chi connectivity index (χ0n) is 10.6. The third kappa shape index (κ3) is 2.61. The van der Waals surface area contributed by atoms with Crippen molar-refractivity contribution in [1.29, 1.82) is 0 Å². The smallest absolute Gasteiger partial charge is 0.0807 e.